The minimum Gasteiger partial charge on any atom is -0.385 e. The average Bonchev–Trinajstić information content (AvgIpc) is 2.64. The van der Waals surface area contributed by atoms with Crippen LogP contribution >= 0.6 is 0 Å². The van der Waals surface area contributed by atoms with Crippen molar-refractivity contribution in [1.82, 2.24) is 15.3 Å². The summed E-state index contributed by atoms with van der Waals surface area (Å²) in [5.41, 5.74) is 2.89. The monoisotopic (exact) mass is 340 g/mol. The Morgan fingerprint density at radius 3 is 3.00 bits per heavy atom. The van der Waals surface area contributed by atoms with Crippen LogP contribution in [-0.2, 0) is 11.2 Å². The number of benzene rings is 1. The summed E-state index contributed by atoms with van der Waals surface area (Å²) in [5.74, 6) is 1.21. The highest BCUT2D eigenvalue weighted by Crippen LogP contribution is 2.32. The second kappa shape index (κ2) is 8.07. The van der Waals surface area contributed by atoms with Crippen LogP contribution < -0.4 is 10.2 Å². The normalized spacial score (nSPS) is 13.4. The minimum atomic E-state index is -0.173. The molecule has 1 aromatic carbocycles. The molecule has 0 saturated heterocycles. The summed E-state index contributed by atoms with van der Waals surface area (Å²) in [4.78, 5) is 23.4. The lowest BCUT2D eigenvalue weighted by molar-refractivity contribution is 0.0943. The largest absolute Gasteiger partial charge is 0.385 e. The highest BCUT2D eigenvalue weighted by atomic mass is 16.5. The standard InChI is InChI=1S/C19H24N4O2/c1-14-21-16(19(24)20-10-6-12-25-2)13-18(22-14)23-11-5-8-15-7-3-4-9-17(15)23/h3-4,7,9,13H,5-6,8,10-12H2,1-2H3,(H,20,24). The van der Waals surface area contributed by atoms with Gasteiger partial charge >= 0.3 is 0 Å². The Morgan fingerprint density at radius 2 is 2.16 bits per heavy atom. The molecule has 0 saturated carbocycles. The maximum Gasteiger partial charge on any atom is 0.270 e. The molecule has 2 heterocycles. The molecule has 0 unspecified atom stereocenters. The number of nitrogens with one attached hydrogen (secondary N) is 1. The lowest BCUT2D eigenvalue weighted by Crippen LogP contribution is -2.29. The zero-order chi connectivity index (χ0) is 17.6. The number of hydrogen-bond donors (Lipinski definition) is 1. The van der Waals surface area contributed by atoms with Gasteiger partial charge in [-0.15, -0.1) is 0 Å². The zero-order valence-electron chi connectivity index (χ0n) is 14.8. The first-order chi connectivity index (χ1) is 12.2. The number of aromatic nitrogens is 2. The van der Waals surface area contributed by atoms with E-state index in [0.29, 0.717) is 24.7 Å². The van der Waals surface area contributed by atoms with Crippen molar-refractivity contribution in [3.05, 3.63) is 47.4 Å². The van der Waals surface area contributed by atoms with Gasteiger partial charge in [0.05, 0.1) is 0 Å². The molecule has 1 amide bonds. The van der Waals surface area contributed by atoms with Crippen LogP contribution in [0.4, 0.5) is 11.5 Å². The van der Waals surface area contributed by atoms with Crippen molar-refractivity contribution < 1.29 is 9.53 Å². The molecule has 1 aliphatic heterocycles. The van der Waals surface area contributed by atoms with E-state index in [1.807, 2.05) is 13.0 Å². The molecule has 1 N–H and O–H groups in total. The van der Waals surface area contributed by atoms with E-state index in [1.165, 1.54) is 11.3 Å². The number of carbonyl (C=O) groups excluding carboxylic acids is 1. The van der Waals surface area contributed by atoms with Crippen LogP contribution in [-0.4, -0.2) is 42.7 Å². The summed E-state index contributed by atoms with van der Waals surface area (Å²) in [5, 5.41) is 2.88. The summed E-state index contributed by atoms with van der Waals surface area (Å²) >= 11 is 0. The van der Waals surface area contributed by atoms with Crippen molar-refractivity contribution in [1.29, 1.82) is 0 Å². The fourth-order valence-electron chi connectivity index (χ4n) is 3.09. The first-order valence-corrected chi connectivity index (χ1v) is 8.67. The Labute approximate surface area is 148 Å². The molecule has 1 aliphatic rings. The van der Waals surface area contributed by atoms with Crippen LogP contribution in [0.3, 0.4) is 0 Å². The van der Waals surface area contributed by atoms with Gasteiger partial charge in [0, 0.05) is 38.6 Å². The number of rotatable bonds is 6. The Hall–Kier alpha value is -2.47. The molecule has 1 aromatic heterocycles. The van der Waals surface area contributed by atoms with Crippen molar-refractivity contribution in [3.63, 3.8) is 0 Å². The highest BCUT2D eigenvalue weighted by Gasteiger charge is 2.20. The van der Waals surface area contributed by atoms with Gasteiger partial charge in [-0.25, -0.2) is 9.97 Å². The van der Waals surface area contributed by atoms with E-state index >= 15 is 0 Å². The third-order valence-corrected chi connectivity index (χ3v) is 4.25. The van der Waals surface area contributed by atoms with Gasteiger partial charge < -0.3 is 15.0 Å². The molecule has 0 spiro atoms. The maximum absolute atomic E-state index is 12.4. The summed E-state index contributed by atoms with van der Waals surface area (Å²) in [7, 11) is 1.65. The van der Waals surface area contributed by atoms with Gasteiger partial charge in [-0.1, -0.05) is 18.2 Å². The molecular formula is C19H24N4O2. The third kappa shape index (κ3) is 4.14. The van der Waals surface area contributed by atoms with E-state index in [2.05, 4.69) is 38.4 Å². The molecule has 6 nitrogen and oxygen atoms in total. The number of hydrogen-bond acceptors (Lipinski definition) is 5. The van der Waals surface area contributed by atoms with E-state index < -0.39 is 0 Å². The zero-order valence-corrected chi connectivity index (χ0v) is 14.8. The van der Waals surface area contributed by atoms with Crippen LogP contribution in [0.5, 0.6) is 0 Å². The van der Waals surface area contributed by atoms with Gasteiger partial charge in [0.25, 0.3) is 5.91 Å². The van der Waals surface area contributed by atoms with Crippen molar-refractivity contribution in [2.24, 2.45) is 0 Å². The first kappa shape index (κ1) is 17.4. The predicted octanol–water partition coefficient (Wildman–Crippen LogP) is 2.64. The molecule has 132 valence electrons. The lowest BCUT2D eigenvalue weighted by Gasteiger charge is -2.30. The molecule has 6 heteroatoms. The second-order valence-corrected chi connectivity index (χ2v) is 6.14. The average molecular weight is 340 g/mol. The van der Waals surface area contributed by atoms with E-state index in [9.17, 15) is 4.79 Å². The number of nitrogens with zero attached hydrogens (tertiary/aromatic N) is 3. The summed E-state index contributed by atoms with van der Waals surface area (Å²) in [6, 6.07) is 10.1. The fourth-order valence-corrected chi connectivity index (χ4v) is 3.09. The molecule has 2 aromatic rings. The van der Waals surface area contributed by atoms with Gasteiger partial charge in [0.1, 0.15) is 17.3 Å². The number of carbonyl (C=O) groups is 1. The molecular weight excluding hydrogens is 316 g/mol. The van der Waals surface area contributed by atoms with Crippen LogP contribution in [0, 0.1) is 6.92 Å². The lowest BCUT2D eigenvalue weighted by atomic mass is 10.0. The van der Waals surface area contributed by atoms with Gasteiger partial charge in [0.2, 0.25) is 0 Å². The maximum atomic E-state index is 12.4. The topological polar surface area (TPSA) is 67.3 Å². The highest BCUT2D eigenvalue weighted by molar-refractivity contribution is 5.93. The third-order valence-electron chi connectivity index (χ3n) is 4.25. The van der Waals surface area contributed by atoms with E-state index in [0.717, 1.165) is 31.6 Å². The van der Waals surface area contributed by atoms with Crippen LogP contribution in [0.1, 0.15) is 34.7 Å². The first-order valence-electron chi connectivity index (χ1n) is 8.67. The number of anilines is 2. The van der Waals surface area contributed by atoms with Crippen molar-refractivity contribution >= 4 is 17.4 Å². The van der Waals surface area contributed by atoms with Gasteiger partial charge in [-0.05, 0) is 37.8 Å². The second-order valence-electron chi connectivity index (χ2n) is 6.14. The van der Waals surface area contributed by atoms with E-state index in [-0.39, 0.29) is 5.91 Å². The molecule has 0 atom stereocenters. The minimum absolute atomic E-state index is 0.173. The van der Waals surface area contributed by atoms with Crippen LogP contribution in [0.15, 0.2) is 30.3 Å². The fraction of sp³-hybridized carbons (Fsp3) is 0.421. The quantitative estimate of drug-likeness (QED) is 0.819. The molecule has 0 bridgehead atoms. The van der Waals surface area contributed by atoms with Crippen LogP contribution in [0.25, 0.3) is 0 Å². The van der Waals surface area contributed by atoms with Gasteiger partial charge in [-0.2, -0.15) is 0 Å². The number of amides is 1. The molecule has 25 heavy (non-hydrogen) atoms. The van der Waals surface area contributed by atoms with Crippen molar-refractivity contribution in [2.75, 3.05) is 31.7 Å². The Kier molecular flexibility index (Phi) is 5.60. The SMILES string of the molecule is COCCCNC(=O)c1cc(N2CCCc3ccccc32)nc(C)n1. The number of methoxy groups -OCH3 is 1. The molecule has 0 radical (unpaired) electrons. The predicted molar refractivity (Wildman–Crippen MR) is 97.4 cm³/mol. The van der Waals surface area contributed by atoms with E-state index in [1.54, 1.807) is 13.2 Å². The van der Waals surface area contributed by atoms with Gasteiger partial charge in [0.15, 0.2) is 0 Å². The molecule has 0 aliphatic carbocycles. The Morgan fingerprint density at radius 1 is 1.32 bits per heavy atom. The molecule has 0 fully saturated rings. The summed E-state index contributed by atoms with van der Waals surface area (Å²) < 4.78 is 5.00. The summed E-state index contributed by atoms with van der Waals surface area (Å²) in [6.45, 7) is 3.90. The number of aryl methyl sites for hydroxylation is 2. The van der Waals surface area contributed by atoms with Crippen molar-refractivity contribution in [3.8, 4) is 0 Å². The van der Waals surface area contributed by atoms with Crippen molar-refractivity contribution in [2.45, 2.75) is 26.2 Å². The van der Waals surface area contributed by atoms with E-state index in [4.69, 9.17) is 4.74 Å². The number of ether oxygens (including phenoxy) is 1. The Bertz CT molecular complexity index is 748. The number of para-hydroxylation sites is 1. The number of fused-ring (bicyclic) bond motifs is 1. The molecule has 3 rings (SSSR count). The van der Waals surface area contributed by atoms with Crippen LogP contribution in [0.2, 0.25) is 0 Å². The van der Waals surface area contributed by atoms with Gasteiger partial charge in [-0.3, -0.25) is 4.79 Å². The summed E-state index contributed by atoms with van der Waals surface area (Å²) in [6.07, 6.45) is 2.92. The smallest absolute Gasteiger partial charge is 0.270 e. The Balaban J connectivity index is 1.82.